The lowest BCUT2D eigenvalue weighted by atomic mass is 10.1. The van der Waals surface area contributed by atoms with Gasteiger partial charge in [0.05, 0.1) is 22.0 Å². The summed E-state index contributed by atoms with van der Waals surface area (Å²) in [6.45, 7) is 6.33. The number of rotatable bonds is 12. The molecule has 0 radical (unpaired) electrons. The molecule has 0 fully saturated rings. The van der Waals surface area contributed by atoms with Crippen molar-refractivity contribution >= 4 is 50.7 Å². The predicted molar refractivity (Wildman–Crippen MR) is 142 cm³/mol. The van der Waals surface area contributed by atoms with Crippen LogP contribution in [0.3, 0.4) is 0 Å². The van der Waals surface area contributed by atoms with Crippen LogP contribution in [0.2, 0.25) is 10.0 Å². The third-order valence-corrected chi connectivity index (χ3v) is 7.45. The molecule has 0 bridgehead atoms. The average molecular weight is 543 g/mol. The smallest absolute Gasteiger partial charge is 0.242 e. The van der Waals surface area contributed by atoms with Gasteiger partial charge < -0.3 is 10.2 Å². The molecule has 0 heterocycles. The predicted octanol–water partition coefficient (Wildman–Crippen LogP) is 4.79. The van der Waals surface area contributed by atoms with E-state index in [1.807, 2.05) is 26.8 Å². The molecule has 0 aliphatic heterocycles. The zero-order chi connectivity index (χ0) is 26.2. The highest BCUT2D eigenvalue weighted by atomic mass is 35.5. The Morgan fingerprint density at radius 1 is 1.06 bits per heavy atom. The molecule has 0 unspecified atom stereocenters. The molecule has 2 aromatic carbocycles. The number of nitrogens with zero attached hydrogens (tertiary/aromatic N) is 2. The van der Waals surface area contributed by atoms with Gasteiger partial charge in [0.15, 0.2) is 0 Å². The van der Waals surface area contributed by atoms with Gasteiger partial charge in [-0.05, 0) is 62.1 Å². The van der Waals surface area contributed by atoms with E-state index in [-0.39, 0.29) is 31.3 Å². The number of carbonyl (C=O) groups is 2. The standard InChI is InChI=1S/C25H33Cl2N3O4S/c1-5-23(25(32)28-6-2)29(17-19-12-13-21(26)22(27)16-19)24(31)11-8-14-30(35(4,33)34)20-10-7-9-18(3)15-20/h7,9-10,12-13,15-16,23H,5-6,8,11,14,17H2,1-4H3,(H,28,32)/t23-/m0/s1. The van der Waals surface area contributed by atoms with Gasteiger partial charge in [0.25, 0.3) is 0 Å². The summed E-state index contributed by atoms with van der Waals surface area (Å²) >= 11 is 12.2. The SMILES string of the molecule is CCNC(=O)[C@H](CC)N(Cc1ccc(Cl)c(Cl)c1)C(=O)CCCN(c1cccc(C)c1)S(C)(=O)=O. The second-order valence-electron chi connectivity index (χ2n) is 8.37. The minimum Gasteiger partial charge on any atom is -0.355 e. The molecule has 0 aliphatic rings. The third kappa shape index (κ3) is 8.40. The van der Waals surface area contributed by atoms with Gasteiger partial charge in [-0.25, -0.2) is 8.42 Å². The van der Waals surface area contributed by atoms with Crippen molar-refractivity contribution < 1.29 is 18.0 Å². The van der Waals surface area contributed by atoms with Gasteiger partial charge in [0.2, 0.25) is 21.8 Å². The van der Waals surface area contributed by atoms with Gasteiger partial charge in [-0.1, -0.05) is 48.3 Å². The lowest BCUT2D eigenvalue weighted by molar-refractivity contribution is -0.141. The van der Waals surface area contributed by atoms with Crippen LogP contribution in [0.25, 0.3) is 0 Å². The zero-order valence-corrected chi connectivity index (χ0v) is 22.9. The number of hydrogen-bond donors (Lipinski definition) is 1. The topological polar surface area (TPSA) is 86.8 Å². The molecule has 1 N–H and O–H groups in total. The normalized spacial score (nSPS) is 12.2. The van der Waals surface area contributed by atoms with E-state index in [0.29, 0.717) is 35.1 Å². The second kappa shape index (κ2) is 13.1. The van der Waals surface area contributed by atoms with Gasteiger partial charge in [-0.2, -0.15) is 0 Å². The first-order valence-corrected chi connectivity index (χ1v) is 14.1. The van der Waals surface area contributed by atoms with Crippen LogP contribution in [-0.2, 0) is 26.2 Å². The Labute approximate surface area is 218 Å². The number of sulfonamides is 1. The first-order chi connectivity index (χ1) is 16.5. The Hall–Kier alpha value is -2.29. The Morgan fingerprint density at radius 2 is 1.77 bits per heavy atom. The van der Waals surface area contributed by atoms with Crippen molar-refractivity contribution in [1.29, 1.82) is 0 Å². The molecule has 0 saturated carbocycles. The van der Waals surface area contributed by atoms with Crippen LogP contribution in [0.15, 0.2) is 42.5 Å². The quantitative estimate of drug-likeness (QED) is 0.418. The maximum Gasteiger partial charge on any atom is 0.242 e. The maximum atomic E-state index is 13.3. The largest absolute Gasteiger partial charge is 0.355 e. The van der Waals surface area contributed by atoms with Crippen LogP contribution in [0.1, 0.15) is 44.2 Å². The van der Waals surface area contributed by atoms with Crippen LogP contribution in [0.5, 0.6) is 0 Å². The summed E-state index contributed by atoms with van der Waals surface area (Å²) in [6.07, 6.45) is 1.95. The van der Waals surface area contributed by atoms with Gasteiger partial charge in [-0.15, -0.1) is 0 Å². The van der Waals surface area contributed by atoms with Gasteiger partial charge >= 0.3 is 0 Å². The number of amides is 2. The van der Waals surface area contributed by atoms with Crippen LogP contribution in [-0.4, -0.2) is 50.5 Å². The number of likely N-dealkylation sites (N-methyl/N-ethyl adjacent to an activating group) is 1. The van der Waals surface area contributed by atoms with Crippen LogP contribution < -0.4 is 9.62 Å². The molecule has 2 rings (SSSR count). The van der Waals surface area contributed by atoms with Crippen LogP contribution in [0, 0.1) is 6.92 Å². The summed E-state index contributed by atoms with van der Waals surface area (Å²) in [7, 11) is -3.53. The second-order valence-corrected chi connectivity index (χ2v) is 11.1. The minimum absolute atomic E-state index is 0.0784. The van der Waals surface area contributed by atoms with Gasteiger partial charge in [0, 0.05) is 26.1 Å². The average Bonchev–Trinajstić information content (AvgIpc) is 2.78. The van der Waals surface area contributed by atoms with E-state index in [2.05, 4.69) is 5.32 Å². The van der Waals surface area contributed by atoms with E-state index >= 15 is 0 Å². The van der Waals surface area contributed by atoms with E-state index in [1.54, 1.807) is 36.4 Å². The molecular weight excluding hydrogens is 509 g/mol. The van der Waals surface area contributed by atoms with Crippen molar-refractivity contribution in [3.05, 3.63) is 63.6 Å². The number of carbonyl (C=O) groups excluding carboxylic acids is 2. The molecule has 35 heavy (non-hydrogen) atoms. The minimum atomic E-state index is -3.53. The summed E-state index contributed by atoms with van der Waals surface area (Å²) < 4.78 is 26.2. The van der Waals surface area contributed by atoms with E-state index in [1.165, 1.54) is 9.21 Å². The summed E-state index contributed by atoms with van der Waals surface area (Å²) in [4.78, 5) is 27.6. The molecule has 7 nitrogen and oxygen atoms in total. The zero-order valence-electron chi connectivity index (χ0n) is 20.6. The number of hydrogen-bond acceptors (Lipinski definition) is 4. The fourth-order valence-corrected chi connectivity index (χ4v) is 5.11. The number of halogens is 2. The molecule has 2 amide bonds. The maximum absolute atomic E-state index is 13.3. The molecule has 0 spiro atoms. The molecule has 0 aromatic heterocycles. The molecule has 0 aliphatic carbocycles. The van der Waals surface area contributed by atoms with Crippen LogP contribution in [0.4, 0.5) is 5.69 Å². The van der Waals surface area contributed by atoms with Crippen molar-refractivity contribution in [3.63, 3.8) is 0 Å². The van der Waals surface area contributed by atoms with E-state index in [9.17, 15) is 18.0 Å². The lowest BCUT2D eigenvalue weighted by Crippen LogP contribution is -2.49. The summed E-state index contributed by atoms with van der Waals surface area (Å²) in [5.41, 5.74) is 2.24. The van der Waals surface area contributed by atoms with E-state index in [0.717, 1.165) is 17.4 Å². The molecule has 10 heteroatoms. The van der Waals surface area contributed by atoms with Crippen molar-refractivity contribution in [2.75, 3.05) is 23.7 Å². The lowest BCUT2D eigenvalue weighted by Gasteiger charge is -2.31. The molecule has 2 aromatic rings. The molecule has 1 atom stereocenters. The number of benzene rings is 2. The van der Waals surface area contributed by atoms with Crippen molar-refractivity contribution in [2.45, 2.75) is 52.6 Å². The summed E-state index contributed by atoms with van der Waals surface area (Å²) in [5, 5.41) is 3.56. The highest BCUT2D eigenvalue weighted by molar-refractivity contribution is 7.92. The Bertz CT molecular complexity index is 1140. The number of anilines is 1. The fraction of sp³-hybridized carbons (Fsp3) is 0.440. The first kappa shape index (κ1) is 28.9. The highest BCUT2D eigenvalue weighted by Gasteiger charge is 2.28. The van der Waals surface area contributed by atoms with Crippen molar-refractivity contribution in [3.8, 4) is 0 Å². The molecule has 192 valence electrons. The van der Waals surface area contributed by atoms with Crippen molar-refractivity contribution in [2.24, 2.45) is 0 Å². The Kier molecular flexibility index (Phi) is 10.9. The monoisotopic (exact) mass is 541 g/mol. The van der Waals surface area contributed by atoms with E-state index < -0.39 is 16.1 Å². The van der Waals surface area contributed by atoms with Gasteiger partial charge in [0.1, 0.15) is 6.04 Å². The highest BCUT2D eigenvalue weighted by Crippen LogP contribution is 2.25. The number of aryl methyl sites for hydroxylation is 1. The summed E-state index contributed by atoms with van der Waals surface area (Å²) in [6, 6.07) is 11.6. The van der Waals surface area contributed by atoms with Crippen molar-refractivity contribution in [1.82, 2.24) is 10.2 Å². The first-order valence-electron chi connectivity index (χ1n) is 11.5. The van der Waals surface area contributed by atoms with E-state index in [4.69, 9.17) is 23.2 Å². The summed E-state index contributed by atoms with van der Waals surface area (Å²) in [5.74, 6) is -0.479. The fourth-order valence-electron chi connectivity index (χ4n) is 3.83. The third-order valence-electron chi connectivity index (χ3n) is 5.52. The Morgan fingerprint density at radius 3 is 2.34 bits per heavy atom. The number of nitrogens with one attached hydrogen (secondary N) is 1. The van der Waals surface area contributed by atoms with Crippen LogP contribution >= 0.6 is 23.2 Å². The Balaban J connectivity index is 2.22. The van der Waals surface area contributed by atoms with Gasteiger partial charge in [-0.3, -0.25) is 13.9 Å². The molecule has 0 saturated heterocycles. The molecular formula is C25H33Cl2N3O4S.